The van der Waals surface area contributed by atoms with Gasteiger partial charge in [0, 0.05) is 12.1 Å². The molecule has 32 heavy (non-hydrogen) atoms. The van der Waals surface area contributed by atoms with Crippen molar-refractivity contribution in [2.75, 3.05) is 13.7 Å². The number of hydrogen-bond acceptors (Lipinski definition) is 6. The van der Waals surface area contributed by atoms with Crippen LogP contribution in [0, 0.1) is 0 Å². The SMILES string of the molecule is CCOc1ccc(/C=C/C(=O)N(Cc2nnc(-c3ccccc3Cl)o2)C(C)C)cc1OC. The highest BCUT2D eigenvalue weighted by Crippen LogP contribution is 2.29. The molecule has 0 aliphatic rings. The molecule has 0 saturated heterocycles. The van der Waals surface area contributed by atoms with Gasteiger partial charge in [-0.1, -0.05) is 29.8 Å². The summed E-state index contributed by atoms with van der Waals surface area (Å²) in [5.41, 5.74) is 1.47. The number of ether oxygens (including phenoxy) is 2. The average molecular weight is 456 g/mol. The molecule has 3 aromatic rings. The maximum atomic E-state index is 12.9. The van der Waals surface area contributed by atoms with E-state index in [1.165, 1.54) is 6.08 Å². The second-order valence-electron chi connectivity index (χ2n) is 7.22. The van der Waals surface area contributed by atoms with E-state index in [0.29, 0.717) is 40.5 Å². The molecule has 7 nitrogen and oxygen atoms in total. The monoisotopic (exact) mass is 455 g/mol. The fourth-order valence-corrected chi connectivity index (χ4v) is 3.26. The quantitative estimate of drug-likeness (QED) is 0.410. The first-order chi connectivity index (χ1) is 15.4. The molecule has 0 aliphatic carbocycles. The third-order valence-electron chi connectivity index (χ3n) is 4.69. The molecule has 0 saturated carbocycles. The van der Waals surface area contributed by atoms with Gasteiger partial charge in [0.25, 0.3) is 0 Å². The van der Waals surface area contributed by atoms with E-state index >= 15 is 0 Å². The minimum atomic E-state index is -0.176. The molecule has 0 unspecified atom stereocenters. The summed E-state index contributed by atoms with van der Waals surface area (Å²) in [4.78, 5) is 14.5. The summed E-state index contributed by atoms with van der Waals surface area (Å²) in [6, 6.07) is 12.7. The lowest BCUT2D eigenvalue weighted by Gasteiger charge is -2.23. The maximum absolute atomic E-state index is 12.9. The van der Waals surface area contributed by atoms with Crippen molar-refractivity contribution < 1.29 is 18.7 Å². The van der Waals surface area contributed by atoms with Gasteiger partial charge in [-0.25, -0.2) is 0 Å². The van der Waals surface area contributed by atoms with E-state index in [4.69, 9.17) is 25.5 Å². The average Bonchev–Trinajstić information content (AvgIpc) is 3.25. The van der Waals surface area contributed by atoms with Gasteiger partial charge in [0.15, 0.2) is 11.5 Å². The molecule has 1 amide bonds. The molecule has 8 heteroatoms. The van der Waals surface area contributed by atoms with E-state index in [-0.39, 0.29) is 18.5 Å². The maximum Gasteiger partial charge on any atom is 0.249 e. The van der Waals surface area contributed by atoms with E-state index in [1.807, 2.05) is 51.1 Å². The van der Waals surface area contributed by atoms with Gasteiger partial charge in [-0.3, -0.25) is 4.79 Å². The van der Waals surface area contributed by atoms with Crippen molar-refractivity contribution in [1.29, 1.82) is 0 Å². The number of aromatic nitrogens is 2. The van der Waals surface area contributed by atoms with Crippen LogP contribution in [0.3, 0.4) is 0 Å². The number of amides is 1. The molecule has 168 valence electrons. The third kappa shape index (κ3) is 5.68. The molecule has 0 aliphatic heterocycles. The van der Waals surface area contributed by atoms with Crippen LogP contribution in [-0.4, -0.2) is 40.8 Å². The van der Waals surface area contributed by atoms with Gasteiger partial charge >= 0.3 is 0 Å². The highest BCUT2D eigenvalue weighted by Gasteiger charge is 2.19. The third-order valence-corrected chi connectivity index (χ3v) is 5.02. The smallest absolute Gasteiger partial charge is 0.249 e. The number of rotatable bonds is 9. The number of benzene rings is 2. The summed E-state index contributed by atoms with van der Waals surface area (Å²) in [5.74, 6) is 1.75. The molecule has 0 spiro atoms. The van der Waals surface area contributed by atoms with Gasteiger partial charge in [0.1, 0.15) is 0 Å². The molecule has 0 bridgehead atoms. The predicted molar refractivity (Wildman–Crippen MR) is 124 cm³/mol. The zero-order valence-corrected chi connectivity index (χ0v) is 19.3. The minimum absolute atomic E-state index is 0.0716. The van der Waals surface area contributed by atoms with Crippen LogP contribution in [-0.2, 0) is 11.3 Å². The standard InChI is InChI=1S/C24H26ClN3O4/c1-5-31-20-12-10-17(14-21(20)30-4)11-13-23(29)28(16(2)3)15-22-26-27-24(32-22)18-8-6-7-9-19(18)25/h6-14,16H,5,15H2,1-4H3/b13-11+. The first-order valence-corrected chi connectivity index (χ1v) is 10.7. The zero-order valence-electron chi connectivity index (χ0n) is 18.5. The Morgan fingerprint density at radius 3 is 2.66 bits per heavy atom. The van der Waals surface area contributed by atoms with Crippen molar-refractivity contribution >= 4 is 23.6 Å². The van der Waals surface area contributed by atoms with Crippen LogP contribution in [0.2, 0.25) is 5.02 Å². The van der Waals surface area contributed by atoms with Crippen LogP contribution >= 0.6 is 11.6 Å². The van der Waals surface area contributed by atoms with Crippen LogP contribution in [0.4, 0.5) is 0 Å². The lowest BCUT2D eigenvalue weighted by molar-refractivity contribution is -0.128. The van der Waals surface area contributed by atoms with Crippen molar-refractivity contribution in [2.24, 2.45) is 0 Å². The Balaban J connectivity index is 1.74. The lowest BCUT2D eigenvalue weighted by atomic mass is 10.1. The summed E-state index contributed by atoms with van der Waals surface area (Å²) in [7, 11) is 1.58. The Morgan fingerprint density at radius 2 is 1.97 bits per heavy atom. The van der Waals surface area contributed by atoms with E-state index in [9.17, 15) is 4.79 Å². The minimum Gasteiger partial charge on any atom is -0.493 e. The molecule has 0 fully saturated rings. The Kier molecular flexibility index (Phi) is 7.89. The molecule has 2 aromatic carbocycles. The number of nitrogens with zero attached hydrogens (tertiary/aromatic N) is 3. The zero-order chi connectivity index (χ0) is 23.1. The molecule has 1 aromatic heterocycles. The van der Waals surface area contributed by atoms with Crippen LogP contribution in [0.25, 0.3) is 17.5 Å². The van der Waals surface area contributed by atoms with Gasteiger partial charge < -0.3 is 18.8 Å². The van der Waals surface area contributed by atoms with Crippen molar-refractivity contribution in [2.45, 2.75) is 33.4 Å². The largest absolute Gasteiger partial charge is 0.493 e. The second kappa shape index (κ2) is 10.8. The van der Waals surface area contributed by atoms with Crippen LogP contribution in [0.5, 0.6) is 11.5 Å². The van der Waals surface area contributed by atoms with Crippen LogP contribution in [0.1, 0.15) is 32.2 Å². The van der Waals surface area contributed by atoms with Gasteiger partial charge in [-0.15, -0.1) is 10.2 Å². The van der Waals surface area contributed by atoms with Crippen LogP contribution in [0.15, 0.2) is 53.0 Å². The van der Waals surface area contributed by atoms with Crippen LogP contribution < -0.4 is 9.47 Å². The van der Waals surface area contributed by atoms with Crippen molar-refractivity contribution in [3.05, 3.63) is 65.0 Å². The molecular formula is C24H26ClN3O4. The topological polar surface area (TPSA) is 77.7 Å². The highest BCUT2D eigenvalue weighted by atomic mass is 35.5. The summed E-state index contributed by atoms with van der Waals surface area (Å²) in [6.45, 7) is 6.49. The number of carbonyl (C=O) groups excluding carboxylic acids is 1. The molecule has 1 heterocycles. The van der Waals surface area contributed by atoms with Gasteiger partial charge in [0.05, 0.1) is 30.8 Å². The number of methoxy groups -OCH3 is 1. The molecule has 0 radical (unpaired) electrons. The first-order valence-electron chi connectivity index (χ1n) is 10.3. The Labute approximate surface area is 192 Å². The van der Waals surface area contributed by atoms with E-state index < -0.39 is 0 Å². The molecular weight excluding hydrogens is 430 g/mol. The molecule has 0 N–H and O–H groups in total. The van der Waals surface area contributed by atoms with Crippen molar-refractivity contribution in [3.63, 3.8) is 0 Å². The van der Waals surface area contributed by atoms with Crippen molar-refractivity contribution in [1.82, 2.24) is 15.1 Å². The van der Waals surface area contributed by atoms with E-state index in [0.717, 1.165) is 5.56 Å². The lowest BCUT2D eigenvalue weighted by Crippen LogP contribution is -2.35. The summed E-state index contributed by atoms with van der Waals surface area (Å²) in [6.07, 6.45) is 3.25. The number of hydrogen-bond donors (Lipinski definition) is 0. The molecule has 0 atom stereocenters. The Morgan fingerprint density at radius 1 is 1.19 bits per heavy atom. The normalized spacial score (nSPS) is 11.2. The summed E-state index contributed by atoms with van der Waals surface area (Å²) in [5, 5.41) is 8.68. The van der Waals surface area contributed by atoms with Crippen molar-refractivity contribution in [3.8, 4) is 23.0 Å². The van der Waals surface area contributed by atoms with Gasteiger partial charge in [-0.05, 0) is 56.7 Å². The summed E-state index contributed by atoms with van der Waals surface area (Å²) < 4.78 is 16.7. The summed E-state index contributed by atoms with van der Waals surface area (Å²) >= 11 is 6.20. The second-order valence-corrected chi connectivity index (χ2v) is 7.62. The van der Waals surface area contributed by atoms with E-state index in [1.54, 1.807) is 30.2 Å². The first kappa shape index (κ1) is 23.3. The van der Waals surface area contributed by atoms with E-state index in [2.05, 4.69) is 10.2 Å². The van der Waals surface area contributed by atoms with Gasteiger partial charge in [0.2, 0.25) is 17.7 Å². The number of halogens is 1. The Bertz CT molecular complexity index is 1090. The molecule has 3 rings (SSSR count). The highest BCUT2D eigenvalue weighted by molar-refractivity contribution is 6.33. The fraction of sp³-hybridized carbons (Fsp3) is 0.292. The fourth-order valence-electron chi connectivity index (χ4n) is 3.05. The van der Waals surface area contributed by atoms with Gasteiger partial charge in [-0.2, -0.15) is 0 Å². The number of carbonyl (C=O) groups is 1. The Hall–Kier alpha value is -3.32. The predicted octanol–water partition coefficient (Wildman–Crippen LogP) is 5.25.